The monoisotopic (exact) mass is 345 g/mol. The third-order valence-electron chi connectivity index (χ3n) is 4.85. The van der Waals surface area contributed by atoms with Crippen molar-refractivity contribution in [2.45, 2.75) is 12.1 Å². The summed E-state index contributed by atoms with van der Waals surface area (Å²) in [5, 5.41) is 0. The topological polar surface area (TPSA) is 12.5 Å². The molecule has 4 heteroatoms. The lowest BCUT2D eigenvalue weighted by Crippen LogP contribution is -2.55. The van der Waals surface area contributed by atoms with Crippen molar-refractivity contribution in [1.29, 1.82) is 0 Å². The average Bonchev–Trinajstić information content (AvgIpc) is 2.63. The molecule has 0 amide bonds. The van der Waals surface area contributed by atoms with Crippen LogP contribution in [0.1, 0.15) is 17.2 Å². The maximum Gasteiger partial charge on any atom is 0.164 e. The van der Waals surface area contributed by atoms with E-state index in [0.29, 0.717) is 5.75 Å². The van der Waals surface area contributed by atoms with Crippen molar-refractivity contribution in [2.24, 2.45) is 0 Å². The molecule has 1 aliphatic rings. The molecule has 0 aliphatic carbocycles. The van der Waals surface area contributed by atoms with Crippen LogP contribution in [0.4, 0.5) is 4.39 Å². The predicted molar refractivity (Wildman–Crippen MR) is 105 cm³/mol. The van der Waals surface area contributed by atoms with Gasteiger partial charge in [-0.15, -0.1) is 0 Å². The van der Waals surface area contributed by atoms with E-state index in [4.69, 9.17) is 4.74 Å². The molecule has 0 N–H and O–H groups in total. The molecule has 0 atom stereocenters. The Hall–Kier alpha value is -2.59. The number of likely N-dealkylation sites (tertiary alicyclic amines) is 1. The molecular weight excluding hydrogens is 324 g/mol. The lowest BCUT2D eigenvalue weighted by atomic mass is 9.93. The van der Waals surface area contributed by atoms with Crippen LogP contribution in [0.25, 0.3) is 0 Å². The Morgan fingerprint density at radius 3 is 2.00 bits per heavy atom. The van der Waals surface area contributed by atoms with Gasteiger partial charge in [-0.2, -0.15) is 0 Å². The van der Waals surface area contributed by atoms with Crippen LogP contribution in [-0.4, -0.2) is 31.9 Å². The summed E-state index contributed by atoms with van der Waals surface area (Å²) in [4.78, 5) is 2.38. The maximum atomic E-state index is 14.0. The van der Waals surface area contributed by atoms with E-state index >= 15 is 0 Å². The first-order chi connectivity index (χ1) is 12.7. The second kappa shape index (κ2) is 7.34. The molecule has 2 nitrogen and oxygen atoms in total. The van der Waals surface area contributed by atoms with Crippen LogP contribution < -0.4 is 10.2 Å². The summed E-state index contributed by atoms with van der Waals surface area (Å²) < 4.78 is 19.9. The molecule has 0 bridgehead atoms. The van der Waals surface area contributed by atoms with Gasteiger partial charge in [0, 0.05) is 13.1 Å². The first kappa shape index (κ1) is 16.9. The van der Waals surface area contributed by atoms with Gasteiger partial charge >= 0.3 is 0 Å². The molecule has 1 aliphatic heterocycles. The third-order valence-corrected chi connectivity index (χ3v) is 4.85. The molecule has 0 spiro atoms. The quantitative estimate of drug-likeness (QED) is 0.660. The Morgan fingerprint density at radius 2 is 1.46 bits per heavy atom. The van der Waals surface area contributed by atoms with Gasteiger partial charge in [0.25, 0.3) is 0 Å². The molecule has 1 heterocycles. The predicted octanol–water partition coefficient (Wildman–Crippen LogP) is 2.94. The standard InChI is InChI=1S/C22H21BFNO/c23-18-11-12-21(20(24)13-18)26-19-14-25(15-19)22(16-7-3-1-4-8-16)17-9-5-2-6-10-17/h1-13,19,22H,14-15,23H2. The van der Waals surface area contributed by atoms with E-state index in [1.807, 2.05) is 26.0 Å². The first-order valence-electron chi connectivity index (χ1n) is 8.97. The van der Waals surface area contributed by atoms with E-state index in [2.05, 4.69) is 53.4 Å². The van der Waals surface area contributed by atoms with Crippen LogP contribution in [0.3, 0.4) is 0 Å². The highest BCUT2D eigenvalue weighted by Crippen LogP contribution is 2.33. The second-order valence-electron chi connectivity index (χ2n) is 6.85. The van der Waals surface area contributed by atoms with E-state index in [9.17, 15) is 4.39 Å². The lowest BCUT2D eigenvalue weighted by molar-refractivity contribution is -0.00166. The third kappa shape index (κ3) is 3.51. The molecule has 0 aromatic heterocycles. The summed E-state index contributed by atoms with van der Waals surface area (Å²) in [6, 6.07) is 26.3. The van der Waals surface area contributed by atoms with Crippen molar-refractivity contribution in [1.82, 2.24) is 4.90 Å². The fourth-order valence-electron chi connectivity index (χ4n) is 3.52. The van der Waals surface area contributed by atoms with Crippen LogP contribution >= 0.6 is 0 Å². The van der Waals surface area contributed by atoms with Crippen molar-refractivity contribution >= 4 is 13.3 Å². The molecule has 3 aromatic carbocycles. The molecule has 26 heavy (non-hydrogen) atoms. The fourth-order valence-corrected chi connectivity index (χ4v) is 3.52. The summed E-state index contributed by atoms with van der Waals surface area (Å²) in [5.74, 6) is 0.0577. The van der Waals surface area contributed by atoms with E-state index in [0.717, 1.165) is 18.6 Å². The highest BCUT2D eigenvalue weighted by Gasteiger charge is 2.35. The number of hydrogen-bond acceptors (Lipinski definition) is 2. The summed E-state index contributed by atoms with van der Waals surface area (Å²) in [7, 11) is 1.88. The first-order valence-corrected chi connectivity index (χ1v) is 8.97. The number of benzene rings is 3. The molecular formula is C22H21BFNO. The van der Waals surface area contributed by atoms with Crippen molar-refractivity contribution in [3.8, 4) is 5.75 Å². The molecule has 0 unspecified atom stereocenters. The lowest BCUT2D eigenvalue weighted by Gasteiger charge is -2.44. The summed E-state index contributed by atoms with van der Waals surface area (Å²) in [6.45, 7) is 1.56. The minimum Gasteiger partial charge on any atom is -0.485 e. The zero-order valence-electron chi connectivity index (χ0n) is 14.8. The molecule has 130 valence electrons. The Balaban J connectivity index is 1.49. The van der Waals surface area contributed by atoms with Gasteiger partial charge in [-0.05, 0) is 23.3 Å². The Labute approximate surface area is 154 Å². The number of halogens is 1. The summed E-state index contributed by atoms with van der Waals surface area (Å²) in [6.07, 6.45) is 0.0159. The number of hydrogen-bond donors (Lipinski definition) is 0. The van der Waals surface area contributed by atoms with E-state index in [1.165, 1.54) is 17.2 Å². The van der Waals surface area contributed by atoms with Crippen molar-refractivity contribution < 1.29 is 9.13 Å². The summed E-state index contributed by atoms with van der Waals surface area (Å²) in [5.41, 5.74) is 3.43. The largest absolute Gasteiger partial charge is 0.485 e. The zero-order valence-corrected chi connectivity index (χ0v) is 14.8. The normalized spacial score (nSPS) is 15.0. The van der Waals surface area contributed by atoms with Crippen LogP contribution in [0.5, 0.6) is 5.75 Å². The van der Waals surface area contributed by atoms with Gasteiger partial charge in [0.15, 0.2) is 11.6 Å². The van der Waals surface area contributed by atoms with Gasteiger partial charge in [0.1, 0.15) is 14.0 Å². The highest BCUT2D eigenvalue weighted by molar-refractivity contribution is 6.32. The minimum absolute atomic E-state index is 0.0159. The Morgan fingerprint density at radius 1 is 0.885 bits per heavy atom. The number of nitrogens with zero attached hydrogens (tertiary/aromatic N) is 1. The summed E-state index contributed by atoms with van der Waals surface area (Å²) >= 11 is 0. The Kier molecular flexibility index (Phi) is 4.76. The molecule has 4 rings (SSSR count). The van der Waals surface area contributed by atoms with Gasteiger partial charge in [0.2, 0.25) is 0 Å². The van der Waals surface area contributed by atoms with Gasteiger partial charge < -0.3 is 4.74 Å². The number of ether oxygens (including phenoxy) is 1. The van der Waals surface area contributed by atoms with E-state index in [1.54, 1.807) is 6.07 Å². The van der Waals surface area contributed by atoms with E-state index < -0.39 is 0 Å². The van der Waals surface area contributed by atoms with Gasteiger partial charge in [-0.1, -0.05) is 72.2 Å². The maximum absolute atomic E-state index is 14.0. The molecule has 0 saturated carbocycles. The zero-order chi connectivity index (χ0) is 17.9. The van der Waals surface area contributed by atoms with Gasteiger partial charge in [-0.25, -0.2) is 4.39 Å². The molecule has 1 fully saturated rings. The van der Waals surface area contributed by atoms with Crippen molar-refractivity contribution in [2.75, 3.05) is 13.1 Å². The van der Waals surface area contributed by atoms with Crippen LogP contribution in [0, 0.1) is 5.82 Å². The smallest absolute Gasteiger partial charge is 0.164 e. The van der Waals surface area contributed by atoms with Crippen LogP contribution in [-0.2, 0) is 0 Å². The number of rotatable bonds is 5. The average molecular weight is 345 g/mol. The highest BCUT2D eigenvalue weighted by atomic mass is 19.1. The van der Waals surface area contributed by atoms with E-state index in [-0.39, 0.29) is 18.0 Å². The Bertz CT molecular complexity index is 826. The minimum atomic E-state index is -0.286. The van der Waals surface area contributed by atoms with Crippen LogP contribution in [0.15, 0.2) is 78.9 Å². The van der Waals surface area contributed by atoms with Crippen molar-refractivity contribution in [3.63, 3.8) is 0 Å². The molecule has 1 saturated heterocycles. The SMILES string of the molecule is Bc1ccc(OC2CN(C(c3ccccc3)c3ccccc3)C2)c(F)c1. The second-order valence-corrected chi connectivity index (χ2v) is 6.85. The van der Waals surface area contributed by atoms with Crippen LogP contribution in [0.2, 0.25) is 0 Å². The van der Waals surface area contributed by atoms with Crippen molar-refractivity contribution in [3.05, 3.63) is 95.8 Å². The van der Waals surface area contributed by atoms with Gasteiger partial charge in [0.05, 0.1) is 6.04 Å². The molecule has 3 aromatic rings. The van der Waals surface area contributed by atoms with Gasteiger partial charge in [-0.3, -0.25) is 4.90 Å². The fraction of sp³-hybridized carbons (Fsp3) is 0.182. The molecule has 0 radical (unpaired) electrons.